The molecular weight excluding hydrogens is 256 g/mol. The second kappa shape index (κ2) is 6.76. The molecule has 21 heavy (non-hydrogen) atoms. The highest BCUT2D eigenvalue weighted by molar-refractivity contribution is 5.26. The Morgan fingerprint density at radius 1 is 1.33 bits per heavy atom. The van der Waals surface area contributed by atoms with Gasteiger partial charge in [0.05, 0.1) is 5.54 Å². The quantitative estimate of drug-likeness (QED) is 0.847. The Kier molecular flexibility index (Phi) is 5.23. The number of hydrogen-bond acceptors (Lipinski definition) is 2. The maximum atomic E-state index is 3.76. The Labute approximate surface area is 130 Å². The van der Waals surface area contributed by atoms with E-state index in [1.807, 2.05) is 0 Å². The van der Waals surface area contributed by atoms with Gasteiger partial charge in [0.15, 0.2) is 0 Å². The number of benzene rings is 1. The summed E-state index contributed by atoms with van der Waals surface area (Å²) in [6.45, 7) is 14.5. The lowest BCUT2D eigenvalue weighted by Gasteiger charge is -2.49. The van der Waals surface area contributed by atoms with Crippen LogP contribution in [0.1, 0.15) is 40.2 Å². The van der Waals surface area contributed by atoms with E-state index in [9.17, 15) is 0 Å². The van der Waals surface area contributed by atoms with Crippen LogP contribution in [0, 0.1) is 5.92 Å². The van der Waals surface area contributed by atoms with Crippen LogP contribution in [0.15, 0.2) is 42.0 Å². The molecule has 0 amide bonds. The molecule has 1 N–H and O–H groups in total. The largest absolute Gasteiger partial charge is 0.310 e. The van der Waals surface area contributed by atoms with Crippen molar-refractivity contribution in [2.45, 2.75) is 46.2 Å². The van der Waals surface area contributed by atoms with Crippen molar-refractivity contribution < 1.29 is 0 Å². The van der Waals surface area contributed by atoms with Crippen LogP contribution in [0.5, 0.6) is 0 Å². The fourth-order valence-electron chi connectivity index (χ4n) is 3.04. The first-order valence-electron chi connectivity index (χ1n) is 8.11. The first-order valence-corrected chi connectivity index (χ1v) is 8.11. The number of nitrogens with zero attached hydrogens (tertiary/aromatic N) is 1. The molecule has 0 radical (unpaired) electrons. The molecule has 1 aliphatic heterocycles. The van der Waals surface area contributed by atoms with Crippen molar-refractivity contribution in [3.05, 3.63) is 47.5 Å². The van der Waals surface area contributed by atoms with Gasteiger partial charge in [0.1, 0.15) is 0 Å². The summed E-state index contributed by atoms with van der Waals surface area (Å²) in [6.07, 6.45) is 2.35. The number of allylic oxidation sites excluding steroid dienone is 1. The fraction of sp³-hybridized carbons (Fsp3) is 0.579. The molecule has 1 fully saturated rings. The van der Waals surface area contributed by atoms with Gasteiger partial charge in [-0.2, -0.15) is 0 Å². The summed E-state index contributed by atoms with van der Waals surface area (Å²) in [6, 6.07) is 11.5. The second-order valence-corrected chi connectivity index (χ2v) is 7.06. The van der Waals surface area contributed by atoms with Crippen molar-refractivity contribution in [2.24, 2.45) is 5.92 Å². The van der Waals surface area contributed by atoms with Crippen LogP contribution in [-0.4, -0.2) is 30.6 Å². The van der Waals surface area contributed by atoms with Crippen molar-refractivity contribution in [3.8, 4) is 0 Å². The molecule has 0 bridgehead atoms. The number of hydrogen-bond donors (Lipinski definition) is 1. The Morgan fingerprint density at radius 2 is 2.00 bits per heavy atom. The summed E-state index contributed by atoms with van der Waals surface area (Å²) in [5.41, 5.74) is 2.87. The topological polar surface area (TPSA) is 15.3 Å². The number of nitrogens with one attached hydrogen (secondary N) is 1. The van der Waals surface area contributed by atoms with E-state index >= 15 is 0 Å². The molecule has 2 unspecified atom stereocenters. The molecule has 1 saturated heterocycles. The Bertz CT molecular complexity index is 474. The van der Waals surface area contributed by atoms with Gasteiger partial charge < -0.3 is 5.32 Å². The van der Waals surface area contributed by atoms with Crippen LogP contribution in [0.4, 0.5) is 0 Å². The van der Waals surface area contributed by atoms with Crippen LogP contribution < -0.4 is 5.32 Å². The molecule has 0 saturated carbocycles. The minimum atomic E-state index is 0.0681. The molecule has 1 heterocycles. The summed E-state index contributed by atoms with van der Waals surface area (Å²) in [5, 5.41) is 3.76. The molecule has 2 nitrogen and oxygen atoms in total. The highest BCUT2D eigenvalue weighted by atomic mass is 15.3. The molecule has 2 rings (SSSR count). The molecule has 2 atom stereocenters. The lowest BCUT2D eigenvalue weighted by atomic mass is 9.85. The van der Waals surface area contributed by atoms with Gasteiger partial charge in [-0.05, 0) is 32.3 Å². The van der Waals surface area contributed by atoms with E-state index in [0.717, 1.165) is 19.6 Å². The zero-order valence-corrected chi connectivity index (χ0v) is 14.2. The summed E-state index contributed by atoms with van der Waals surface area (Å²) >= 11 is 0. The van der Waals surface area contributed by atoms with Gasteiger partial charge in [-0.3, -0.25) is 4.90 Å². The number of piperazine rings is 1. The molecule has 1 aromatic carbocycles. The number of rotatable bonds is 4. The van der Waals surface area contributed by atoms with E-state index in [4.69, 9.17) is 0 Å². The highest BCUT2D eigenvalue weighted by Gasteiger charge is 2.39. The Morgan fingerprint density at radius 3 is 2.57 bits per heavy atom. The Balaban J connectivity index is 2.27. The lowest BCUT2D eigenvalue weighted by molar-refractivity contribution is 0.0499. The van der Waals surface area contributed by atoms with Crippen molar-refractivity contribution in [1.29, 1.82) is 0 Å². The molecule has 1 aliphatic rings. The average molecular weight is 286 g/mol. The summed E-state index contributed by atoms with van der Waals surface area (Å²) < 4.78 is 0. The summed E-state index contributed by atoms with van der Waals surface area (Å²) in [4.78, 5) is 2.64. The van der Waals surface area contributed by atoms with Crippen LogP contribution in [-0.2, 0) is 5.54 Å². The van der Waals surface area contributed by atoms with Gasteiger partial charge >= 0.3 is 0 Å². The first-order chi connectivity index (χ1) is 9.93. The van der Waals surface area contributed by atoms with Crippen molar-refractivity contribution in [1.82, 2.24) is 10.2 Å². The first kappa shape index (κ1) is 16.3. The normalized spacial score (nSPS) is 26.9. The van der Waals surface area contributed by atoms with Gasteiger partial charge in [0.2, 0.25) is 0 Å². The third-order valence-corrected chi connectivity index (χ3v) is 4.74. The minimum Gasteiger partial charge on any atom is -0.310 e. The van der Waals surface area contributed by atoms with E-state index in [-0.39, 0.29) is 5.54 Å². The average Bonchev–Trinajstić information content (AvgIpc) is 2.47. The highest BCUT2D eigenvalue weighted by Crippen LogP contribution is 2.31. The fourth-order valence-corrected chi connectivity index (χ4v) is 3.04. The minimum absolute atomic E-state index is 0.0681. The van der Waals surface area contributed by atoms with Crippen molar-refractivity contribution in [3.63, 3.8) is 0 Å². The summed E-state index contributed by atoms with van der Waals surface area (Å²) in [7, 11) is 0. The van der Waals surface area contributed by atoms with E-state index in [1.54, 1.807) is 0 Å². The molecule has 2 heteroatoms. The zero-order chi connectivity index (χ0) is 15.5. The third kappa shape index (κ3) is 3.75. The molecule has 1 aromatic rings. The SMILES string of the molecule is CC(C)=CCN1CC(C(C)C)NCC1(C)c1ccccc1. The monoisotopic (exact) mass is 286 g/mol. The molecular formula is C19H30N2. The van der Waals surface area contributed by atoms with Gasteiger partial charge in [-0.25, -0.2) is 0 Å². The van der Waals surface area contributed by atoms with Gasteiger partial charge in [0, 0.05) is 25.7 Å². The maximum Gasteiger partial charge on any atom is 0.0561 e. The van der Waals surface area contributed by atoms with Crippen LogP contribution >= 0.6 is 0 Å². The standard InChI is InChI=1S/C19H30N2/c1-15(2)11-12-21-13-18(16(3)4)20-14-19(21,5)17-9-7-6-8-10-17/h6-11,16,18,20H,12-14H2,1-5H3. The lowest BCUT2D eigenvalue weighted by Crippen LogP contribution is -2.62. The maximum absolute atomic E-state index is 3.76. The van der Waals surface area contributed by atoms with Crippen LogP contribution in [0.25, 0.3) is 0 Å². The molecule has 116 valence electrons. The van der Waals surface area contributed by atoms with Gasteiger partial charge in [0.25, 0.3) is 0 Å². The van der Waals surface area contributed by atoms with Crippen molar-refractivity contribution in [2.75, 3.05) is 19.6 Å². The predicted octanol–water partition coefficient (Wildman–Crippen LogP) is 3.80. The zero-order valence-electron chi connectivity index (χ0n) is 14.2. The van der Waals surface area contributed by atoms with E-state index in [1.165, 1.54) is 11.1 Å². The molecule has 0 aliphatic carbocycles. The predicted molar refractivity (Wildman–Crippen MR) is 91.4 cm³/mol. The van der Waals surface area contributed by atoms with E-state index < -0.39 is 0 Å². The summed E-state index contributed by atoms with van der Waals surface area (Å²) in [5.74, 6) is 0.666. The van der Waals surface area contributed by atoms with Gasteiger partial charge in [-0.15, -0.1) is 0 Å². The smallest absolute Gasteiger partial charge is 0.0561 e. The van der Waals surface area contributed by atoms with Crippen LogP contribution in [0.2, 0.25) is 0 Å². The van der Waals surface area contributed by atoms with Gasteiger partial charge in [-0.1, -0.05) is 55.8 Å². The third-order valence-electron chi connectivity index (χ3n) is 4.74. The molecule has 0 aromatic heterocycles. The van der Waals surface area contributed by atoms with E-state index in [2.05, 4.69) is 81.2 Å². The van der Waals surface area contributed by atoms with Crippen molar-refractivity contribution >= 4 is 0 Å². The molecule has 0 spiro atoms. The second-order valence-electron chi connectivity index (χ2n) is 7.06. The Hall–Kier alpha value is -1.12. The van der Waals surface area contributed by atoms with E-state index in [0.29, 0.717) is 12.0 Å². The van der Waals surface area contributed by atoms with Crippen LogP contribution in [0.3, 0.4) is 0 Å².